The second-order valence-electron chi connectivity index (χ2n) is 3.52. The number of nitrogens with zero attached hydrogens (tertiary/aromatic N) is 1. The van der Waals surface area contributed by atoms with Crippen LogP contribution in [-0.4, -0.2) is 33.7 Å². The van der Waals surface area contributed by atoms with Gasteiger partial charge in [0.05, 0.1) is 12.6 Å². The van der Waals surface area contributed by atoms with Crippen LogP contribution in [0, 0.1) is 6.92 Å². The summed E-state index contributed by atoms with van der Waals surface area (Å²) in [5, 5.41) is 4.56. The third-order valence-corrected chi connectivity index (χ3v) is 2.22. The third-order valence-electron chi connectivity index (χ3n) is 2.22. The minimum atomic E-state index is -0.788. The van der Waals surface area contributed by atoms with E-state index in [-0.39, 0.29) is 18.0 Å². The van der Waals surface area contributed by atoms with Gasteiger partial charge in [0.25, 0.3) is 5.91 Å². The number of rotatable bonds is 2. The Kier molecular flexibility index (Phi) is 2.43. The number of aromatic nitrogens is 2. The summed E-state index contributed by atoms with van der Waals surface area (Å²) in [7, 11) is 0. The van der Waals surface area contributed by atoms with E-state index in [0.29, 0.717) is 5.82 Å². The van der Waals surface area contributed by atoms with E-state index in [1.807, 2.05) is 0 Å². The number of hydrogen-bond donors (Lipinski definition) is 3. The molecule has 2 heterocycles. The molecule has 0 aliphatic carbocycles. The summed E-state index contributed by atoms with van der Waals surface area (Å²) in [5.41, 5.74) is 0.268. The summed E-state index contributed by atoms with van der Waals surface area (Å²) in [6, 6.07) is -0.788. The first-order chi connectivity index (χ1) is 7.56. The number of hydrogen-bond acceptors (Lipinski definition) is 4. The van der Waals surface area contributed by atoms with Crippen LogP contribution >= 0.6 is 0 Å². The second kappa shape index (κ2) is 3.76. The van der Waals surface area contributed by atoms with Crippen LogP contribution in [0.15, 0.2) is 6.20 Å². The highest BCUT2D eigenvalue weighted by atomic mass is 16.2. The molecular formula is C9H10N4O3. The average Bonchev–Trinajstić information content (AvgIpc) is 2.74. The van der Waals surface area contributed by atoms with Crippen molar-refractivity contribution in [3.05, 3.63) is 17.7 Å². The fraction of sp³-hybridized carbons (Fsp3) is 0.333. The lowest BCUT2D eigenvalue weighted by molar-refractivity contribution is -0.125. The lowest BCUT2D eigenvalue weighted by Gasteiger charge is -2.07. The third kappa shape index (κ3) is 1.92. The molecule has 3 N–H and O–H groups in total. The fourth-order valence-corrected chi connectivity index (χ4v) is 1.44. The van der Waals surface area contributed by atoms with E-state index in [1.54, 1.807) is 6.92 Å². The average molecular weight is 222 g/mol. The van der Waals surface area contributed by atoms with Crippen molar-refractivity contribution < 1.29 is 14.4 Å². The van der Waals surface area contributed by atoms with Crippen molar-refractivity contribution in [2.45, 2.75) is 19.4 Å². The number of H-pyrrole nitrogens is 1. The van der Waals surface area contributed by atoms with Crippen molar-refractivity contribution >= 4 is 17.7 Å². The molecule has 0 bridgehead atoms. The van der Waals surface area contributed by atoms with Gasteiger partial charge in [-0.1, -0.05) is 0 Å². The minimum Gasteiger partial charge on any atom is -0.338 e. The van der Waals surface area contributed by atoms with Gasteiger partial charge < -0.3 is 10.3 Å². The Hall–Kier alpha value is -2.18. The second-order valence-corrected chi connectivity index (χ2v) is 3.52. The van der Waals surface area contributed by atoms with Gasteiger partial charge in [0.1, 0.15) is 17.6 Å². The summed E-state index contributed by atoms with van der Waals surface area (Å²) >= 11 is 0. The van der Waals surface area contributed by atoms with Crippen molar-refractivity contribution in [3.63, 3.8) is 0 Å². The highest BCUT2D eigenvalue weighted by Gasteiger charge is 2.32. The Morgan fingerprint density at radius 1 is 1.56 bits per heavy atom. The molecule has 1 saturated heterocycles. The van der Waals surface area contributed by atoms with Crippen LogP contribution in [0.1, 0.15) is 22.7 Å². The van der Waals surface area contributed by atoms with Gasteiger partial charge in [-0.25, -0.2) is 4.98 Å². The predicted octanol–water partition coefficient (Wildman–Crippen LogP) is -1.14. The van der Waals surface area contributed by atoms with Crippen LogP contribution < -0.4 is 10.6 Å². The zero-order valence-corrected chi connectivity index (χ0v) is 8.53. The Balaban J connectivity index is 2.03. The van der Waals surface area contributed by atoms with Crippen molar-refractivity contribution in [3.8, 4) is 0 Å². The number of nitrogens with one attached hydrogen (secondary N) is 3. The Bertz CT molecular complexity index is 465. The summed E-state index contributed by atoms with van der Waals surface area (Å²) in [6.45, 7) is 1.71. The molecule has 0 radical (unpaired) electrons. The first-order valence-electron chi connectivity index (χ1n) is 4.72. The smallest absolute Gasteiger partial charge is 0.270 e. The molecule has 0 spiro atoms. The number of carbonyl (C=O) groups excluding carboxylic acids is 3. The highest BCUT2D eigenvalue weighted by molar-refractivity contribution is 6.07. The number of imide groups is 1. The van der Waals surface area contributed by atoms with E-state index in [0.717, 1.165) is 0 Å². The maximum absolute atomic E-state index is 11.6. The largest absolute Gasteiger partial charge is 0.338 e. The van der Waals surface area contributed by atoms with Crippen LogP contribution in [0.3, 0.4) is 0 Å². The van der Waals surface area contributed by atoms with Gasteiger partial charge in [0.15, 0.2) is 0 Å². The molecule has 1 aliphatic rings. The number of carbonyl (C=O) groups is 3. The number of aryl methyl sites for hydroxylation is 1. The van der Waals surface area contributed by atoms with Crippen LogP contribution in [0.2, 0.25) is 0 Å². The quantitative estimate of drug-likeness (QED) is 0.550. The zero-order chi connectivity index (χ0) is 11.7. The van der Waals surface area contributed by atoms with Crippen molar-refractivity contribution in [2.24, 2.45) is 0 Å². The standard InChI is InChI=1S/C9H10N4O3/c1-4-10-3-6(11-4)9(16)12-5-2-7(14)13-8(5)15/h3,5H,2H2,1H3,(H,10,11)(H,12,16)(H,13,14,15). The molecule has 2 rings (SSSR count). The maximum Gasteiger partial charge on any atom is 0.270 e. The van der Waals surface area contributed by atoms with Gasteiger partial charge >= 0.3 is 0 Å². The zero-order valence-electron chi connectivity index (χ0n) is 8.53. The van der Waals surface area contributed by atoms with E-state index in [9.17, 15) is 14.4 Å². The van der Waals surface area contributed by atoms with E-state index in [2.05, 4.69) is 20.6 Å². The van der Waals surface area contributed by atoms with Crippen molar-refractivity contribution in [2.75, 3.05) is 0 Å². The van der Waals surface area contributed by atoms with E-state index in [4.69, 9.17) is 0 Å². The van der Waals surface area contributed by atoms with Gasteiger partial charge in [-0.05, 0) is 6.92 Å². The Morgan fingerprint density at radius 3 is 2.81 bits per heavy atom. The molecular weight excluding hydrogens is 212 g/mol. The van der Waals surface area contributed by atoms with Crippen LogP contribution in [-0.2, 0) is 9.59 Å². The Labute approximate surface area is 90.6 Å². The molecule has 1 atom stereocenters. The highest BCUT2D eigenvalue weighted by Crippen LogP contribution is 2.03. The maximum atomic E-state index is 11.6. The SMILES string of the molecule is Cc1ncc(C(=O)NC2CC(=O)NC2=O)[nH]1. The normalized spacial score (nSPS) is 19.7. The molecule has 0 aromatic carbocycles. The topological polar surface area (TPSA) is 104 Å². The molecule has 3 amide bonds. The van der Waals surface area contributed by atoms with Gasteiger partial charge in [-0.15, -0.1) is 0 Å². The van der Waals surface area contributed by atoms with Crippen molar-refractivity contribution in [1.29, 1.82) is 0 Å². The molecule has 84 valence electrons. The number of aromatic amines is 1. The molecule has 16 heavy (non-hydrogen) atoms. The number of amides is 3. The first-order valence-corrected chi connectivity index (χ1v) is 4.72. The van der Waals surface area contributed by atoms with Gasteiger partial charge in [-0.2, -0.15) is 0 Å². The molecule has 7 heteroatoms. The lowest BCUT2D eigenvalue weighted by Crippen LogP contribution is -2.40. The fourth-order valence-electron chi connectivity index (χ4n) is 1.44. The molecule has 0 saturated carbocycles. The lowest BCUT2D eigenvalue weighted by atomic mass is 10.2. The van der Waals surface area contributed by atoms with Crippen molar-refractivity contribution in [1.82, 2.24) is 20.6 Å². The van der Waals surface area contributed by atoms with E-state index < -0.39 is 17.9 Å². The summed E-state index contributed by atoms with van der Waals surface area (Å²) in [4.78, 5) is 40.3. The molecule has 1 aromatic rings. The van der Waals surface area contributed by atoms with Gasteiger partial charge in [0.2, 0.25) is 11.8 Å². The van der Waals surface area contributed by atoms with Gasteiger partial charge in [-0.3, -0.25) is 19.7 Å². The number of imidazole rings is 1. The first kappa shape index (κ1) is 10.3. The molecule has 1 aliphatic heterocycles. The van der Waals surface area contributed by atoms with E-state index >= 15 is 0 Å². The summed E-state index contributed by atoms with van der Waals surface area (Å²) in [5.74, 6) is -0.696. The monoisotopic (exact) mass is 222 g/mol. The molecule has 1 aromatic heterocycles. The molecule has 7 nitrogen and oxygen atoms in total. The summed E-state index contributed by atoms with van der Waals surface area (Å²) in [6.07, 6.45) is 1.36. The predicted molar refractivity (Wildman–Crippen MR) is 52.3 cm³/mol. The van der Waals surface area contributed by atoms with E-state index in [1.165, 1.54) is 6.20 Å². The molecule has 1 unspecified atom stereocenters. The van der Waals surface area contributed by atoms with Crippen LogP contribution in [0.25, 0.3) is 0 Å². The van der Waals surface area contributed by atoms with Crippen LogP contribution in [0.4, 0.5) is 0 Å². The van der Waals surface area contributed by atoms with Crippen LogP contribution in [0.5, 0.6) is 0 Å². The van der Waals surface area contributed by atoms with Gasteiger partial charge in [0, 0.05) is 0 Å². The minimum absolute atomic E-state index is 0.0162. The Morgan fingerprint density at radius 2 is 2.31 bits per heavy atom. The molecule has 1 fully saturated rings. The summed E-state index contributed by atoms with van der Waals surface area (Å²) < 4.78 is 0.